The minimum atomic E-state index is 0.424. The summed E-state index contributed by atoms with van der Waals surface area (Å²) in [6, 6.07) is 7.55. The number of aryl methyl sites for hydroxylation is 1. The van der Waals surface area contributed by atoms with E-state index in [0.717, 1.165) is 16.7 Å². The zero-order chi connectivity index (χ0) is 11.1. The van der Waals surface area contributed by atoms with E-state index in [9.17, 15) is 0 Å². The molecule has 0 aliphatic rings. The van der Waals surface area contributed by atoms with Gasteiger partial charge in [0.1, 0.15) is 17.0 Å². The smallest absolute Gasteiger partial charge is 0.245 e. The number of aromatic nitrogens is 3. The van der Waals surface area contributed by atoms with E-state index in [0.29, 0.717) is 17.4 Å². The predicted octanol–water partition coefficient (Wildman–Crippen LogP) is 2.11. The Morgan fingerprint density at radius 2 is 2.19 bits per heavy atom. The van der Waals surface area contributed by atoms with Gasteiger partial charge in [-0.15, -0.1) is 0 Å². The second kappa shape index (κ2) is 3.10. The highest BCUT2D eigenvalue weighted by molar-refractivity contribution is 5.76. The van der Waals surface area contributed by atoms with Crippen LogP contribution in [0.15, 0.2) is 28.7 Å². The number of nitrogens with one attached hydrogen (secondary N) is 1. The number of H-pyrrole nitrogens is 1. The van der Waals surface area contributed by atoms with Crippen molar-refractivity contribution in [3.8, 4) is 11.6 Å². The van der Waals surface area contributed by atoms with Gasteiger partial charge in [0.2, 0.25) is 5.89 Å². The number of nitrogens with two attached hydrogens (primary N) is 1. The summed E-state index contributed by atoms with van der Waals surface area (Å²) >= 11 is 0. The Kier molecular flexibility index (Phi) is 1.73. The second-order valence-electron chi connectivity index (χ2n) is 3.70. The first-order valence-corrected chi connectivity index (χ1v) is 4.91. The Morgan fingerprint density at radius 1 is 1.31 bits per heavy atom. The molecule has 2 heterocycles. The van der Waals surface area contributed by atoms with E-state index in [2.05, 4.69) is 15.2 Å². The monoisotopic (exact) mass is 214 g/mol. The summed E-state index contributed by atoms with van der Waals surface area (Å²) in [6.45, 7) is 2.02. The lowest BCUT2D eigenvalue weighted by molar-refractivity contribution is 0.616. The van der Waals surface area contributed by atoms with E-state index in [1.165, 1.54) is 0 Å². The molecule has 0 unspecified atom stereocenters. The lowest BCUT2D eigenvalue weighted by Gasteiger charge is -1.87. The molecule has 0 radical (unpaired) electrons. The van der Waals surface area contributed by atoms with Crippen molar-refractivity contribution in [2.24, 2.45) is 0 Å². The molecule has 5 heteroatoms. The maximum absolute atomic E-state index is 5.58. The van der Waals surface area contributed by atoms with E-state index in [1.807, 2.05) is 25.1 Å². The van der Waals surface area contributed by atoms with Gasteiger partial charge in [0.25, 0.3) is 0 Å². The standard InChI is InChI=1S/C11H10N4O/c1-6-2-3-9-7(4-6)13-11(16-9)8-5-10(12)15-14-8/h2-5H,1H3,(H3,12,14,15). The van der Waals surface area contributed by atoms with Gasteiger partial charge in [0.15, 0.2) is 5.58 Å². The van der Waals surface area contributed by atoms with Gasteiger partial charge in [-0.05, 0) is 24.6 Å². The summed E-state index contributed by atoms with van der Waals surface area (Å²) in [4.78, 5) is 4.36. The summed E-state index contributed by atoms with van der Waals surface area (Å²) in [5.74, 6) is 0.929. The van der Waals surface area contributed by atoms with Crippen molar-refractivity contribution in [1.82, 2.24) is 15.2 Å². The molecule has 3 rings (SSSR count). The normalized spacial score (nSPS) is 11.1. The van der Waals surface area contributed by atoms with Crippen molar-refractivity contribution in [1.29, 1.82) is 0 Å². The topological polar surface area (TPSA) is 80.7 Å². The van der Waals surface area contributed by atoms with Crippen molar-refractivity contribution in [2.75, 3.05) is 5.73 Å². The van der Waals surface area contributed by atoms with Gasteiger partial charge in [-0.1, -0.05) is 6.07 Å². The van der Waals surface area contributed by atoms with Crippen LogP contribution in [0.4, 0.5) is 5.82 Å². The Hall–Kier alpha value is -2.30. The van der Waals surface area contributed by atoms with Crippen molar-refractivity contribution < 1.29 is 4.42 Å². The van der Waals surface area contributed by atoms with Gasteiger partial charge in [0, 0.05) is 6.07 Å². The van der Waals surface area contributed by atoms with E-state index < -0.39 is 0 Å². The van der Waals surface area contributed by atoms with Crippen molar-refractivity contribution in [3.05, 3.63) is 29.8 Å². The first-order chi connectivity index (χ1) is 7.72. The highest BCUT2D eigenvalue weighted by Gasteiger charge is 2.10. The molecule has 80 valence electrons. The quantitative estimate of drug-likeness (QED) is 0.650. The number of rotatable bonds is 1. The van der Waals surface area contributed by atoms with Crippen molar-refractivity contribution in [2.45, 2.75) is 6.92 Å². The maximum Gasteiger partial charge on any atom is 0.245 e. The Bertz CT molecular complexity index is 653. The molecule has 0 aliphatic heterocycles. The minimum Gasteiger partial charge on any atom is -0.435 e. The van der Waals surface area contributed by atoms with Crippen LogP contribution in [0.25, 0.3) is 22.7 Å². The molecule has 0 aliphatic carbocycles. The minimum absolute atomic E-state index is 0.424. The number of nitrogen functional groups attached to an aromatic ring is 1. The number of fused-ring (bicyclic) bond motifs is 1. The molecule has 3 aromatic rings. The summed E-state index contributed by atoms with van der Waals surface area (Å²) in [5.41, 5.74) is 8.95. The van der Waals surface area contributed by atoms with E-state index in [1.54, 1.807) is 6.07 Å². The van der Waals surface area contributed by atoms with Crippen LogP contribution in [0.3, 0.4) is 0 Å². The van der Waals surface area contributed by atoms with Crippen LogP contribution in [0.1, 0.15) is 5.56 Å². The predicted molar refractivity (Wildman–Crippen MR) is 60.7 cm³/mol. The third-order valence-electron chi connectivity index (χ3n) is 2.37. The third kappa shape index (κ3) is 1.33. The zero-order valence-corrected chi connectivity index (χ0v) is 8.69. The molecule has 0 bridgehead atoms. The van der Waals surface area contributed by atoms with Crippen molar-refractivity contribution >= 4 is 16.9 Å². The maximum atomic E-state index is 5.58. The molecular formula is C11H10N4O. The number of hydrogen-bond donors (Lipinski definition) is 2. The van der Waals surface area contributed by atoms with Gasteiger partial charge < -0.3 is 10.2 Å². The molecule has 0 spiro atoms. The highest BCUT2D eigenvalue weighted by Crippen LogP contribution is 2.24. The highest BCUT2D eigenvalue weighted by atomic mass is 16.3. The molecular weight excluding hydrogens is 204 g/mol. The van der Waals surface area contributed by atoms with Gasteiger partial charge >= 0.3 is 0 Å². The van der Waals surface area contributed by atoms with Gasteiger partial charge in [-0.25, -0.2) is 4.98 Å². The molecule has 3 N–H and O–H groups in total. The summed E-state index contributed by atoms with van der Waals surface area (Å²) in [7, 11) is 0. The van der Waals surface area contributed by atoms with Crippen LogP contribution < -0.4 is 5.73 Å². The number of oxazole rings is 1. The third-order valence-corrected chi connectivity index (χ3v) is 2.37. The number of hydrogen-bond acceptors (Lipinski definition) is 4. The molecule has 0 saturated heterocycles. The average molecular weight is 214 g/mol. The Morgan fingerprint density at radius 3 is 2.94 bits per heavy atom. The average Bonchev–Trinajstić information content (AvgIpc) is 2.83. The molecule has 16 heavy (non-hydrogen) atoms. The first-order valence-electron chi connectivity index (χ1n) is 4.91. The molecule has 2 aromatic heterocycles. The van der Waals surface area contributed by atoms with Crippen molar-refractivity contribution in [3.63, 3.8) is 0 Å². The zero-order valence-electron chi connectivity index (χ0n) is 8.69. The molecule has 0 atom stereocenters. The molecule has 0 fully saturated rings. The number of anilines is 1. The van der Waals surface area contributed by atoms with Crippen LogP contribution in [0, 0.1) is 6.92 Å². The van der Waals surface area contributed by atoms with E-state index >= 15 is 0 Å². The van der Waals surface area contributed by atoms with Crippen LogP contribution in [-0.4, -0.2) is 15.2 Å². The fraction of sp³-hybridized carbons (Fsp3) is 0.0909. The number of nitrogens with zero attached hydrogens (tertiary/aromatic N) is 2. The first kappa shape index (κ1) is 8.96. The largest absolute Gasteiger partial charge is 0.435 e. The van der Waals surface area contributed by atoms with E-state index in [-0.39, 0.29) is 0 Å². The van der Waals surface area contributed by atoms with Gasteiger partial charge in [-0.3, -0.25) is 5.10 Å². The summed E-state index contributed by atoms with van der Waals surface area (Å²) in [6.07, 6.45) is 0. The molecule has 1 aromatic carbocycles. The molecule has 0 saturated carbocycles. The number of aromatic amines is 1. The number of benzene rings is 1. The molecule has 0 amide bonds. The summed E-state index contributed by atoms with van der Waals surface area (Å²) in [5, 5.41) is 6.60. The SMILES string of the molecule is Cc1ccc2oc(-c3cc(N)n[nH]3)nc2c1. The van der Waals surface area contributed by atoms with Crippen LogP contribution >= 0.6 is 0 Å². The lowest BCUT2D eigenvalue weighted by Crippen LogP contribution is -1.81. The fourth-order valence-electron chi connectivity index (χ4n) is 1.60. The Balaban J connectivity index is 2.18. The summed E-state index contributed by atoms with van der Waals surface area (Å²) < 4.78 is 5.58. The molecule has 5 nitrogen and oxygen atoms in total. The van der Waals surface area contributed by atoms with Crippen LogP contribution in [-0.2, 0) is 0 Å². The van der Waals surface area contributed by atoms with Crippen LogP contribution in [0.2, 0.25) is 0 Å². The Labute approximate surface area is 91.3 Å². The fourth-order valence-corrected chi connectivity index (χ4v) is 1.60. The van der Waals surface area contributed by atoms with Crippen LogP contribution in [0.5, 0.6) is 0 Å². The second-order valence-corrected chi connectivity index (χ2v) is 3.70. The van der Waals surface area contributed by atoms with E-state index in [4.69, 9.17) is 10.2 Å². The van der Waals surface area contributed by atoms with Gasteiger partial charge in [-0.2, -0.15) is 5.10 Å². The lowest BCUT2D eigenvalue weighted by atomic mass is 10.2. The van der Waals surface area contributed by atoms with Gasteiger partial charge in [0.05, 0.1) is 0 Å².